The van der Waals surface area contributed by atoms with Crippen molar-refractivity contribution >= 4 is 5.76 Å². The highest BCUT2D eigenvalue weighted by atomic mass is 19.3. The fourth-order valence-electron chi connectivity index (χ4n) is 3.26. The molecule has 3 atom stereocenters. The van der Waals surface area contributed by atoms with Gasteiger partial charge in [-0.05, 0) is 25.5 Å². The van der Waals surface area contributed by atoms with E-state index in [0.717, 1.165) is 6.42 Å². The number of alkyl halides is 2. The van der Waals surface area contributed by atoms with Crippen molar-refractivity contribution in [2.45, 2.75) is 56.8 Å². The number of rotatable bonds is 5. The summed E-state index contributed by atoms with van der Waals surface area (Å²) in [5, 5.41) is 13.0. The van der Waals surface area contributed by atoms with Gasteiger partial charge >= 0.3 is 0 Å². The average Bonchev–Trinajstić information content (AvgIpc) is 2.99. The van der Waals surface area contributed by atoms with E-state index in [1.54, 1.807) is 18.6 Å². The van der Waals surface area contributed by atoms with Gasteiger partial charge in [-0.25, -0.2) is 13.8 Å². The molecule has 2 unspecified atom stereocenters. The van der Waals surface area contributed by atoms with Crippen molar-refractivity contribution < 1.29 is 18.6 Å². The van der Waals surface area contributed by atoms with Crippen molar-refractivity contribution in [1.82, 2.24) is 14.9 Å². The molecule has 2 aliphatic rings. The molecule has 0 amide bonds. The number of hydrogen-bond acceptors (Lipinski definition) is 4. The van der Waals surface area contributed by atoms with Gasteiger partial charge in [0.15, 0.2) is 6.10 Å². The highest BCUT2D eigenvalue weighted by Crippen LogP contribution is 2.36. The molecule has 128 valence electrons. The summed E-state index contributed by atoms with van der Waals surface area (Å²) < 4.78 is 35.4. The van der Waals surface area contributed by atoms with Crippen molar-refractivity contribution in [3.05, 3.63) is 24.3 Å². The van der Waals surface area contributed by atoms with E-state index in [0.29, 0.717) is 30.8 Å². The first-order chi connectivity index (χ1) is 11.0. The quantitative estimate of drug-likeness (QED) is 0.871. The number of nitrogens with one attached hydrogen (secondary N) is 1. The van der Waals surface area contributed by atoms with Crippen LogP contribution in [0.15, 0.2) is 18.6 Å². The van der Waals surface area contributed by atoms with Crippen molar-refractivity contribution in [1.29, 1.82) is 0 Å². The minimum absolute atomic E-state index is 0.117. The molecule has 1 aromatic heterocycles. The van der Waals surface area contributed by atoms with Crippen LogP contribution in [0.25, 0.3) is 5.76 Å². The number of aliphatic hydroxyl groups excluding tert-OH is 1. The second-order valence-corrected chi connectivity index (χ2v) is 6.25. The van der Waals surface area contributed by atoms with E-state index in [4.69, 9.17) is 4.74 Å². The van der Waals surface area contributed by atoms with Gasteiger partial charge in [-0.3, -0.25) is 0 Å². The van der Waals surface area contributed by atoms with Crippen LogP contribution in [0.3, 0.4) is 0 Å². The predicted molar refractivity (Wildman–Crippen MR) is 82.1 cm³/mol. The van der Waals surface area contributed by atoms with Gasteiger partial charge in [0.1, 0.15) is 11.5 Å². The summed E-state index contributed by atoms with van der Waals surface area (Å²) in [4.78, 5) is 4.11. The first-order valence-corrected chi connectivity index (χ1v) is 8.18. The van der Waals surface area contributed by atoms with Crippen LogP contribution in [0.1, 0.15) is 44.3 Å². The average molecular weight is 327 g/mol. The lowest BCUT2D eigenvalue weighted by molar-refractivity contribution is -0.119. The third kappa shape index (κ3) is 3.26. The van der Waals surface area contributed by atoms with Crippen molar-refractivity contribution in [2.24, 2.45) is 0 Å². The number of hydrogen-bond donors (Lipinski definition) is 2. The first-order valence-electron chi connectivity index (χ1n) is 8.18. The molecule has 3 rings (SSSR count). The Morgan fingerprint density at radius 2 is 2.39 bits per heavy atom. The molecule has 23 heavy (non-hydrogen) atoms. The molecule has 0 saturated carbocycles. The van der Waals surface area contributed by atoms with Gasteiger partial charge in [0.2, 0.25) is 0 Å². The second-order valence-electron chi connectivity index (χ2n) is 6.25. The Bertz CT molecular complexity index is 573. The molecule has 1 aromatic rings. The molecule has 0 bridgehead atoms. The Labute approximate surface area is 134 Å². The summed E-state index contributed by atoms with van der Waals surface area (Å²) in [6.07, 6.45) is 5.83. The van der Waals surface area contributed by atoms with Crippen LogP contribution in [0.4, 0.5) is 8.78 Å². The van der Waals surface area contributed by atoms with E-state index >= 15 is 0 Å². The Kier molecular flexibility index (Phi) is 4.68. The standard InChI is InChI=1S/C16H23F2N3O2/c1-2-3-13(22)11-4-5-14(12-8-20-10-21(11)12)23-15-6-7-19-9-16(15,17)18/h5,8,10-11,13,15,19,22H,2-4,6-7,9H2,1H3/t11?,13-,15?/m1/s1. The summed E-state index contributed by atoms with van der Waals surface area (Å²) >= 11 is 0. The first kappa shape index (κ1) is 16.4. The summed E-state index contributed by atoms with van der Waals surface area (Å²) in [6.45, 7) is 2.18. The van der Waals surface area contributed by atoms with Gasteiger partial charge in [0, 0.05) is 6.42 Å². The molecule has 0 aliphatic carbocycles. The Hall–Kier alpha value is -1.47. The highest BCUT2D eigenvalue weighted by Gasteiger charge is 2.44. The normalized spacial score (nSPS) is 27.9. The van der Waals surface area contributed by atoms with Gasteiger partial charge in [-0.2, -0.15) is 0 Å². The lowest BCUT2D eigenvalue weighted by Gasteiger charge is -2.35. The fourth-order valence-corrected chi connectivity index (χ4v) is 3.26. The van der Waals surface area contributed by atoms with Crippen LogP contribution in [-0.4, -0.2) is 45.9 Å². The van der Waals surface area contributed by atoms with E-state index in [-0.39, 0.29) is 19.0 Å². The van der Waals surface area contributed by atoms with Crippen molar-refractivity contribution in [2.75, 3.05) is 13.1 Å². The molecule has 0 spiro atoms. The molecule has 2 N–H and O–H groups in total. The molecular weight excluding hydrogens is 304 g/mol. The number of ether oxygens (including phenoxy) is 1. The topological polar surface area (TPSA) is 59.3 Å². The van der Waals surface area contributed by atoms with Crippen molar-refractivity contribution in [3.8, 4) is 0 Å². The second kappa shape index (κ2) is 6.57. The van der Waals surface area contributed by atoms with E-state index in [2.05, 4.69) is 10.3 Å². The molecule has 1 saturated heterocycles. The molecule has 2 aliphatic heterocycles. The summed E-state index contributed by atoms with van der Waals surface area (Å²) in [5.41, 5.74) is 0.658. The summed E-state index contributed by atoms with van der Waals surface area (Å²) in [7, 11) is 0. The number of nitrogens with zero attached hydrogens (tertiary/aromatic N) is 2. The maximum absolute atomic E-state index is 14.0. The van der Waals surface area contributed by atoms with Gasteiger partial charge < -0.3 is 19.7 Å². The number of imidazole rings is 1. The highest BCUT2D eigenvalue weighted by molar-refractivity contribution is 5.58. The maximum Gasteiger partial charge on any atom is 0.296 e. The Morgan fingerprint density at radius 3 is 3.13 bits per heavy atom. The van der Waals surface area contributed by atoms with Crippen LogP contribution in [0, 0.1) is 0 Å². The minimum Gasteiger partial charge on any atom is -0.482 e. The zero-order chi connectivity index (χ0) is 16.4. The van der Waals surface area contributed by atoms with Gasteiger partial charge in [0.05, 0.1) is 31.2 Å². The minimum atomic E-state index is -2.89. The predicted octanol–water partition coefficient (Wildman–Crippen LogP) is 2.34. The third-order valence-corrected chi connectivity index (χ3v) is 4.53. The maximum atomic E-state index is 14.0. The van der Waals surface area contributed by atoms with E-state index in [1.807, 2.05) is 11.5 Å². The van der Waals surface area contributed by atoms with Crippen LogP contribution in [0.5, 0.6) is 0 Å². The Balaban J connectivity index is 1.78. The van der Waals surface area contributed by atoms with E-state index < -0.39 is 18.1 Å². The zero-order valence-electron chi connectivity index (χ0n) is 13.2. The molecule has 1 fully saturated rings. The monoisotopic (exact) mass is 327 g/mol. The van der Waals surface area contributed by atoms with Crippen LogP contribution < -0.4 is 5.32 Å². The molecule has 5 nitrogen and oxygen atoms in total. The number of piperidine rings is 1. The van der Waals surface area contributed by atoms with Crippen LogP contribution in [0.2, 0.25) is 0 Å². The van der Waals surface area contributed by atoms with Gasteiger partial charge in [0.25, 0.3) is 5.92 Å². The number of aromatic nitrogens is 2. The van der Waals surface area contributed by atoms with Gasteiger partial charge in [-0.15, -0.1) is 0 Å². The zero-order valence-corrected chi connectivity index (χ0v) is 13.2. The number of allylic oxidation sites excluding steroid dienone is 1. The molecule has 3 heterocycles. The largest absolute Gasteiger partial charge is 0.482 e. The molecule has 0 radical (unpaired) electrons. The van der Waals surface area contributed by atoms with Gasteiger partial charge in [-0.1, -0.05) is 13.3 Å². The fraction of sp³-hybridized carbons (Fsp3) is 0.688. The SMILES string of the molecule is CCC[C@@H](O)C1CC=C(OC2CCNCC2(F)F)c2cncn21. The molecular formula is C16H23F2N3O2. The Morgan fingerprint density at radius 1 is 1.57 bits per heavy atom. The lowest BCUT2D eigenvalue weighted by atomic mass is 9.99. The van der Waals surface area contributed by atoms with Crippen LogP contribution >= 0.6 is 0 Å². The molecule has 7 heteroatoms. The summed E-state index contributed by atoms with van der Waals surface area (Å²) in [6, 6.07) is -0.117. The smallest absolute Gasteiger partial charge is 0.296 e. The third-order valence-electron chi connectivity index (χ3n) is 4.53. The number of fused-ring (bicyclic) bond motifs is 1. The lowest BCUT2D eigenvalue weighted by Crippen LogP contribution is -2.50. The number of aliphatic hydroxyl groups is 1. The van der Waals surface area contributed by atoms with Crippen LogP contribution in [-0.2, 0) is 4.74 Å². The summed E-state index contributed by atoms with van der Waals surface area (Å²) in [5.74, 6) is -2.45. The van der Waals surface area contributed by atoms with E-state index in [1.165, 1.54) is 0 Å². The van der Waals surface area contributed by atoms with E-state index in [9.17, 15) is 13.9 Å². The van der Waals surface area contributed by atoms with Crippen molar-refractivity contribution in [3.63, 3.8) is 0 Å². The number of halogens is 2. The molecule has 0 aromatic carbocycles.